The Morgan fingerprint density at radius 3 is 2.62 bits per heavy atom. The molecule has 1 heterocycles. The number of aromatic nitrogens is 2. The molecule has 1 aromatic heterocycles. The Balaban J connectivity index is 1.86. The number of fused-ring (bicyclic) bond motifs is 1. The van der Waals surface area contributed by atoms with Crippen LogP contribution < -0.4 is 10.6 Å². The normalized spacial score (nSPS) is 11.8. The molecular weight excluding hydrogens is 264 g/mol. The minimum Gasteiger partial charge on any atom is -0.497 e. The number of ether oxygens (including phenoxy) is 1. The van der Waals surface area contributed by atoms with Gasteiger partial charge in [0.1, 0.15) is 11.6 Å². The first-order valence-electron chi connectivity index (χ1n) is 6.65. The van der Waals surface area contributed by atoms with Crippen LogP contribution >= 0.6 is 0 Å². The van der Waals surface area contributed by atoms with Crippen LogP contribution in [0.5, 0.6) is 5.75 Å². The summed E-state index contributed by atoms with van der Waals surface area (Å²) in [6, 6.07) is 15.6. The van der Waals surface area contributed by atoms with Crippen LogP contribution in [0.4, 0.5) is 0 Å². The SMILES string of the molecule is COc1ccc(/C(Cc2nc3ccccc3[nH]2)=N/N)cc1. The van der Waals surface area contributed by atoms with Gasteiger partial charge in [0.15, 0.2) is 0 Å². The predicted molar refractivity (Wildman–Crippen MR) is 83.5 cm³/mol. The Morgan fingerprint density at radius 2 is 1.95 bits per heavy atom. The van der Waals surface area contributed by atoms with Crippen molar-refractivity contribution in [2.75, 3.05) is 7.11 Å². The number of aromatic amines is 1. The molecule has 3 N–H and O–H groups in total. The lowest BCUT2D eigenvalue weighted by molar-refractivity contribution is 0.415. The minimum absolute atomic E-state index is 0.553. The van der Waals surface area contributed by atoms with Crippen LogP contribution in [0.25, 0.3) is 11.0 Å². The van der Waals surface area contributed by atoms with E-state index < -0.39 is 0 Å². The lowest BCUT2D eigenvalue weighted by atomic mass is 10.1. The van der Waals surface area contributed by atoms with E-state index in [2.05, 4.69) is 15.1 Å². The molecule has 2 aromatic carbocycles. The molecule has 0 aliphatic rings. The van der Waals surface area contributed by atoms with E-state index in [-0.39, 0.29) is 0 Å². The fraction of sp³-hybridized carbons (Fsp3) is 0.125. The van der Waals surface area contributed by atoms with Crippen molar-refractivity contribution >= 4 is 16.7 Å². The average Bonchev–Trinajstić information content (AvgIpc) is 2.95. The summed E-state index contributed by atoms with van der Waals surface area (Å²) >= 11 is 0. The molecule has 0 spiro atoms. The third-order valence-corrected chi connectivity index (χ3v) is 3.35. The van der Waals surface area contributed by atoms with Crippen molar-refractivity contribution in [2.24, 2.45) is 10.9 Å². The quantitative estimate of drug-likeness (QED) is 0.438. The third kappa shape index (κ3) is 2.72. The molecule has 0 bridgehead atoms. The number of hydrazone groups is 1. The minimum atomic E-state index is 0.553. The van der Waals surface area contributed by atoms with Gasteiger partial charge in [-0.05, 0) is 42.0 Å². The average molecular weight is 280 g/mol. The number of hydrogen-bond donors (Lipinski definition) is 2. The van der Waals surface area contributed by atoms with Crippen molar-refractivity contribution in [3.8, 4) is 5.75 Å². The highest BCUT2D eigenvalue weighted by Gasteiger charge is 2.09. The van der Waals surface area contributed by atoms with Gasteiger partial charge in [-0.1, -0.05) is 12.1 Å². The summed E-state index contributed by atoms with van der Waals surface area (Å²) in [6.45, 7) is 0. The third-order valence-electron chi connectivity index (χ3n) is 3.35. The first kappa shape index (κ1) is 13.2. The van der Waals surface area contributed by atoms with Gasteiger partial charge >= 0.3 is 0 Å². The van der Waals surface area contributed by atoms with Crippen molar-refractivity contribution in [1.29, 1.82) is 0 Å². The zero-order valence-corrected chi connectivity index (χ0v) is 11.7. The van der Waals surface area contributed by atoms with E-state index >= 15 is 0 Å². The van der Waals surface area contributed by atoms with Gasteiger partial charge < -0.3 is 15.6 Å². The predicted octanol–water partition coefficient (Wildman–Crippen LogP) is 2.48. The molecule has 5 heteroatoms. The number of H-pyrrole nitrogens is 1. The second kappa shape index (κ2) is 5.66. The van der Waals surface area contributed by atoms with Crippen molar-refractivity contribution in [3.05, 3.63) is 59.9 Å². The second-order valence-electron chi connectivity index (χ2n) is 4.68. The number of nitrogens with two attached hydrogens (primary N) is 1. The zero-order chi connectivity index (χ0) is 14.7. The smallest absolute Gasteiger partial charge is 0.118 e. The summed E-state index contributed by atoms with van der Waals surface area (Å²) in [5.74, 6) is 7.18. The molecule has 0 atom stereocenters. The molecule has 0 amide bonds. The molecule has 5 nitrogen and oxygen atoms in total. The van der Waals surface area contributed by atoms with Crippen molar-refractivity contribution in [1.82, 2.24) is 9.97 Å². The van der Waals surface area contributed by atoms with E-state index in [4.69, 9.17) is 10.6 Å². The first-order valence-corrected chi connectivity index (χ1v) is 6.65. The number of nitrogens with zero attached hydrogens (tertiary/aromatic N) is 2. The Morgan fingerprint density at radius 1 is 1.19 bits per heavy atom. The highest BCUT2D eigenvalue weighted by Crippen LogP contribution is 2.15. The highest BCUT2D eigenvalue weighted by atomic mass is 16.5. The number of hydrogen-bond acceptors (Lipinski definition) is 4. The van der Waals surface area contributed by atoms with Gasteiger partial charge in [-0.2, -0.15) is 5.10 Å². The molecule has 0 unspecified atom stereocenters. The van der Waals surface area contributed by atoms with Crippen LogP contribution in [0.1, 0.15) is 11.4 Å². The molecule has 0 aliphatic heterocycles. The lowest BCUT2D eigenvalue weighted by Crippen LogP contribution is -2.09. The second-order valence-corrected chi connectivity index (χ2v) is 4.68. The largest absolute Gasteiger partial charge is 0.497 e. The molecule has 0 fully saturated rings. The number of para-hydroxylation sites is 2. The summed E-state index contributed by atoms with van der Waals surface area (Å²) in [7, 11) is 1.64. The standard InChI is InChI=1S/C16H16N4O/c1-21-12-8-6-11(7-9-12)15(20-17)10-16-18-13-4-2-3-5-14(13)19-16/h2-9H,10,17H2,1H3,(H,18,19)/b20-15+. The van der Waals surface area contributed by atoms with Crippen LogP contribution in [0.2, 0.25) is 0 Å². The van der Waals surface area contributed by atoms with Crippen LogP contribution in [0.15, 0.2) is 53.6 Å². The molecule has 0 saturated heterocycles. The van der Waals surface area contributed by atoms with E-state index in [1.165, 1.54) is 0 Å². The summed E-state index contributed by atoms with van der Waals surface area (Å²) in [4.78, 5) is 7.82. The molecule has 3 rings (SSSR count). The number of rotatable bonds is 4. The Labute approximate surface area is 122 Å². The fourth-order valence-electron chi connectivity index (χ4n) is 2.25. The van der Waals surface area contributed by atoms with E-state index in [1.807, 2.05) is 48.5 Å². The van der Waals surface area contributed by atoms with Gasteiger partial charge in [0.05, 0.1) is 30.3 Å². The van der Waals surface area contributed by atoms with E-state index in [0.717, 1.165) is 33.9 Å². The molecule has 3 aromatic rings. The van der Waals surface area contributed by atoms with Gasteiger partial charge in [0.2, 0.25) is 0 Å². The van der Waals surface area contributed by atoms with Crippen LogP contribution in [-0.4, -0.2) is 22.8 Å². The maximum Gasteiger partial charge on any atom is 0.118 e. The number of imidazole rings is 1. The molecule has 106 valence electrons. The Hall–Kier alpha value is -2.82. The maximum atomic E-state index is 5.53. The Kier molecular flexibility index (Phi) is 3.55. The van der Waals surface area contributed by atoms with E-state index in [9.17, 15) is 0 Å². The topological polar surface area (TPSA) is 76.3 Å². The van der Waals surface area contributed by atoms with Crippen molar-refractivity contribution in [3.63, 3.8) is 0 Å². The van der Waals surface area contributed by atoms with Gasteiger partial charge in [0.25, 0.3) is 0 Å². The monoisotopic (exact) mass is 280 g/mol. The van der Waals surface area contributed by atoms with Gasteiger partial charge in [-0.3, -0.25) is 0 Å². The van der Waals surface area contributed by atoms with Gasteiger partial charge in [-0.15, -0.1) is 0 Å². The van der Waals surface area contributed by atoms with Gasteiger partial charge in [0, 0.05) is 0 Å². The fourth-order valence-corrected chi connectivity index (χ4v) is 2.25. The maximum absolute atomic E-state index is 5.53. The number of methoxy groups -OCH3 is 1. The molecule has 0 aliphatic carbocycles. The van der Waals surface area contributed by atoms with Crippen LogP contribution in [0.3, 0.4) is 0 Å². The number of benzene rings is 2. The molecule has 21 heavy (non-hydrogen) atoms. The zero-order valence-electron chi connectivity index (χ0n) is 11.7. The van der Waals surface area contributed by atoms with Gasteiger partial charge in [-0.25, -0.2) is 4.98 Å². The number of nitrogens with one attached hydrogen (secondary N) is 1. The first-order chi connectivity index (χ1) is 10.3. The lowest BCUT2D eigenvalue weighted by Gasteiger charge is -2.05. The summed E-state index contributed by atoms with van der Waals surface area (Å²) in [6.07, 6.45) is 0.553. The summed E-state index contributed by atoms with van der Waals surface area (Å²) in [5.41, 5.74) is 3.69. The summed E-state index contributed by atoms with van der Waals surface area (Å²) < 4.78 is 5.15. The molecular formula is C16H16N4O. The molecule has 0 radical (unpaired) electrons. The Bertz CT molecular complexity index is 741. The molecule has 0 saturated carbocycles. The van der Waals surface area contributed by atoms with Crippen molar-refractivity contribution < 1.29 is 4.74 Å². The van der Waals surface area contributed by atoms with Crippen LogP contribution in [-0.2, 0) is 6.42 Å². The van der Waals surface area contributed by atoms with E-state index in [0.29, 0.717) is 6.42 Å². The summed E-state index contributed by atoms with van der Waals surface area (Å²) in [5, 5.41) is 3.90. The van der Waals surface area contributed by atoms with Crippen molar-refractivity contribution in [2.45, 2.75) is 6.42 Å². The van der Waals surface area contributed by atoms with Crippen LogP contribution in [0, 0.1) is 0 Å². The van der Waals surface area contributed by atoms with E-state index in [1.54, 1.807) is 7.11 Å². The highest BCUT2D eigenvalue weighted by molar-refractivity contribution is 6.01.